The van der Waals surface area contributed by atoms with Crippen LogP contribution in [0.3, 0.4) is 0 Å². The molecule has 2 aromatic rings. The lowest BCUT2D eigenvalue weighted by molar-refractivity contribution is 0.696. The van der Waals surface area contributed by atoms with Crippen molar-refractivity contribution in [1.82, 2.24) is 4.98 Å². The van der Waals surface area contributed by atoms with Gasteiger partial charge >= 0.3 is 0 Å². The Morgan fingerprint density at radius 3 is 2.42 bits per heavy atom. The monoisotopic (exact) mass is 274 g/mol. The Labute approximate surface area is 119 Å². The first-order valence-electron chi connectivity index (χ1n) is 6.52. The summed E-state index contributed by atoms with van der Waals surface area (Å²) in [5, 5.41) is 0.633. The fourth-order valence-electron chi connectivity index (χ4n) is 2.06. The van der Waals surface area contributed by atoms with Crippen molar-refractivity contribution in [1.29, 1.82) is 0 Å². The summed E-state index contributed by atoms with van der Waals surface area (Å²) in [6.07, 6.45) is 2.47. The molecule has 0 amide bonds. The van der Waals surface area contributed by atoms with Gasteiger partial charge in [-0.3, -0.25) is 4.98 Å². The molecule has 1 heterocycles. The van der Waals surface area contributed by atoms with Gasteiger partial charge in [0.25, 0.3) is 0 Å². The third-order valence-corrected chi connectivity index (χ3v) is 3.56. The van der Waals surface area contributed by atoms with Crippen LogP contribution in [0.2, 0.25) is 5.02 Å². The van der Waals surface area contributed by atoms with Crippen LogP contribution in [0.1, 0.15) is 42.6 Å². The van der Waals surface area contributed by atoms with E-state index in [-0.39, 0.29) is 6.04 Å². The Morgan fingerprint density at radius 1 is 1.16 bits per heavy atom. The molecule has 1 unspecified atom stereocenters. The van der Waals surface area contributed by atoms with Gasteiger partial charge in [0.05, 0.1) is 16.8 Å². The lowest BCUT2D eigenvalue weighted by atomic mass is 9.98. The van der Waals surface area contributed by atoms with Gasteiger partial charge in [0.1, 0.15) is 0 Å². The van der Waals surface area contributed by atoms with E-state index in [2.05, 4.69) is 43.1 Å². The highest BCUT2D eigenvalue weighted by atomic mass is 35.5. The second kappa shape index (κ2) is 6.18. The van der Waals surface area contributed by atoms with Gasteiger partial charge in [-0.25, -0.2) is 0 Å². The molecule has 0 aliphatic rings. The van der Waals surface area contributed by atoms with Gasteiger partial charge in [-0.1, -0.05) is 49.7 Å². The smallest absolute Gasteiger partial charge is 0.0760 e. The average molecular weight is 275 g/mol. The van der Waals surface area contributed by atoms with E-state index in [1.165, 1.54) is 11.1 Å². The standard InChI is InChI=1S/C16H19ClN2/c1-11(2)13-7-5-12(6-8-13)10-15(18)16-14(17)4-3-9-19-16/h3-9,11,15H,10,18H2,1-2H3. The van der Waals surface area contributed by atoms with Crippen LogP contribution >= 0.6 is 11.6 Å². The molecule has 1 aromatic heterocycles. The zero-order valence-corrected chi connectivity index (χ0v) is 12.1. The summed E-state index contributed by atoms with van der Waals surface area (Å²) in [7, 11) is 0. The lowest BCUT2D eigenvalue weighted by Crippen LogP contribution is -2.15. The highest BCUT2D eigenvalue weighted by Crippen LogP contribution is 2.22. The van der Waals surface area contributed by atoms with Crippen molar-refractivity contribution in [3.63, 3.8) is 0 Å². The Bertz CT molecular complexity index is 535. The number of nitrogens with zero attached hydrogens (tertiary/aromatic N) is 1. The number of pyridine rings is 1. The number of aromatic nitrogens is 1. The Morgan fingerprint density at radius 2 is 1.84 bits per heavy atom. The van der Waals surface area contributed by atoms with Crippen molar-refractivity contribution in [3.8, 4) is 0 Å². The summed E-state index contributed by atoms with van der Waals surface area (Å²) in [4.78, 5) is 4.26. The summed E-state index contributed by atoms with van der Waals surface area (Å²) in [5.74, 6) is 0.549. The van der Waals surface area contributed by atoms with E-state index >= 15 is 0 Å². The lowest BCUT2D eigenvalue weighted by Gasteiger charge is -2.13. The van der Waals surface area contributed by atoms with Crippen LogP contribution in [-0.2, 0) is 6.42 Å². The predicted molar refractivity (Wildman–Crippen MR) is 80.4 cm³/mol. The zero-order chi connectivity index (χ0) is 13.8. The van der Waals surface area contributed by atoms with E-state index in [4.69, 9.17) is 17.3 Å². The fraction of sp³-hybridized carbons (Fsp3) is 0.312. The quantitative estimate of drug-likeness (QED) is 0.912. The van der Waals surface area contributed by atoms with Crippen LogP contribution in [0, 0.1) is 0 Å². The van der Waals surface area contributed by atoms with Crippen LogP contribution in [0.25, 0.3) is 0 Å². The molecule has 0 saturated carbocycles. The van der Waals surface area contributed by atoms with E-state index in [9.17, 15) is 0 Å². The third-order valence-electron chi connectivity index (χ3n) is 3.24. The normalized spacial score (nSPS) is 12.7. The van der Waals surface area contributed by atoms with Crippen molar-refractivity contribution in [2.24, 2.45) is 5.73 Å². The molecule has 19 heavy (non-hydrogen) atoms. The van der Waals surface area contributed by atoms with E-state index in [1.807, 2.05) is 12.1 Å². The summed E-state index contributed by atoms with van der Waals surface area (Å²) in [5.41, 5.74) is 9.49. The SMILES string of the molecule is CC(C)c1ccc(CC(N)c2ncccc2Cl)cc1. The maximum absolute atomic E-state index is 6.18. The summed E-state index contributed by atoms with van der Waals surface area (Å²) in [6, 6.07) is 12.1. The van der Waals surface area contributed by atoms with Crippen molar-refractivity contribution in [2.45, 2.75) is 32.2 Å². The number of benzene rings is 1. The highest BCUT2D eigenvalue weighted by molar-refractivity contribution is 6.31. The van der Waals surface area contributed by atoms with E-state index in [1.54, 1.807) is 6.20 Å². The maximum Gasteiger partial charge on any atom is 0.0760 e. The summed E-state index contributed by atoms with van der Waals surface area (Å²) in [6.45, 7) is 4.38. The van der Waals surface area contributed by atoms with Crippen molar-refractivity contribution in [2.75, 3.05) is 0 Å². The maximum atomic E-state index is 6.18. The molecule has 0 radical (unpaired) electrons. The molecule has 0 bridgehead atoms. The van der Waals surface area contributed by atoms with Gasteiger partial charge in [0, 0.05) is 6.20 Å². The van der Waals surface area contributed by atoms with Crippen LogP contribution in [-0.4, -0.2) is 4.98 Å². The average Bonchev–Trinajstić information content (AvgIpc) is 2.39. The Hall–Kier alpha value is -1.38. The van der Waals surface area contributed by atoms with Crippen LogP contribution < -0.4 is 5.73 Å². The Kier molecular flexibility index (Phi) is 4.56. The number of hydrogen-bond acceptors (Lipinski definition) is 2. The van der Waals surface area contributed by atoms with Crippen molar-refractivity contribution < 1.29 is 0 Å². The molecule has 2 rings (SSSR count). The molecule has 0 aliphatic heterocycles. The summed E-state index contributed by atoms with van der Waals surface area (Å²) < 4.78 is 0. The van der Waals surface area contributed by atoms with Gasteiger partial charge < -0.3 is 5.73 Å². The Balaban J connectivity index is 2.11. The predicted octanol–water partition coefficient (Wildman–Crippen LogP) is 4.10. The molecule has 0 saturated heterocycles. The number of hydrogen-bond donors (Lipinski definition) is 1. The van der Waals surface area contributed by atoms with Gasteiger partial charge in [0.2, 0.25) is 0 Å². The molecule has 100 valence electrons. The topological polar surface area (TPSA) is 38.9 Å². The fourth-order valence-corrected chi connectivity index (χ4v) is 2.32. The number of halogens is 1. The second-order valence-electron chi connectivity index (χ2n) is 5.08. The van der Waals surface area contributed by atoms with Gasteiger partial charge in [-0.05, 0) is 35.6 Å². The first-order chi connectivity index (χ1) is 9.08. The third kappa shape index (κ3) is 3.55. The minimum atomic E-state index is -0.168. The van der Waals surface area contributed by atoms with Crippen LogP contribution in [0.15, 0.2) is 42.6 Å². The second-order valence-corrected chi connectivity index (χ2v) is 5.48. The molecule has 0 fully saturated rings. The number of rotatable bonds is 4. The molecule has 2 nitrogen and oxygen atoms in total. The van der Waals surface area contributed by atoms with E-state index in [0.717, 1.165) is 12.1 Å². The van der Waals surface area contributed by atoms with Gasteiger partial charge in [-0.2, -0.15) is 0 Å². The van der Waals surface area contributed by atoms with Crippen molar-refractivity contribution >= 4 is 11.6 Å². The molecule has 1 atom stereocenters. The zero-order valence-electron chi connectivity index (χ0n) is 11.3. The molecule has 0 aliphatic carbocycles. The van der Waals surface area contributed by atoms with Crippen LogP contribution in [0.4, 0.5) is 0 Å². The van der Waals surface area contributed by atoms with E-state index in [0.29, 0.717) is 10.9 Å². The molecular formula is C16H19ClN2. The molecular weight excluding hydrogens is 256 g/mol. The highest BCUT2D eigenvalue weighted by Gasteiger charge is 2.12. The van der Waals surface area contributed by atoms with Crippen molar-refractivity contribution in [3.05, 3.63) is 64.4 Å². The summed E-state index contributed by atoms with van der Waals surface area (Å²) >= 11 is 6.11. The first kappa shape index (κ1) is 14.0. The number of nitrogens with two attached hydrogens (primary N) is 1. The molecule has 2 N–H and O–H groups in total. The minimum absolute atomic E-state index is 0.168. The first-order valence-corrected chi connectivity index (χ1v) is 6.90. The van der Waals surface area contributed by atoms with Gasteiger partial charge in [-0.15, -0.1) is 0 Å². The molecule has 1 aromatic carbocycles. The van der Waals surface area contributed by atoms with Crippen LogP contribution in [0.5, 0.6) is 0 Å². The van der Waals surface area contributed by atoms with Gasteiger partial charge in [0.15, 0.2) is 0 Å². The van der Waals surface area contributed by atoms with E-state index < -0.39 is 0 Å². The minimum Gasteiger partial charge on any atom is -0.322 e. The molecule has 0 spiro atoms. The largest absolute Gasteiger partial charge is 0.322 e. The molecule has 3 heteroatoms.